The molecule has 1 aromatic carbocycles. The lowest BCUT2D eigenvalue weighted by Crippen LogP contribution is -2.21. The number of hydrogen-bond acceptors (Lipinski definition) is 3. The smallest absolute Gasteiger partial charge is 0.273 e. The molecule has 110 valence electrons. The third-order valence-electron chi connectivity index (χ3n) is 4.28. The van der Waals surface area contributed by atoms with Crippen molar-refractivity contribution in [2.75, 3.05) is 6.54 Å². The van der Waals surface area contributed by atoms with Crippen LogP contribution in [0.2, 0.25) is 0 Å². The first kappa shape index (κ1) is 15.0. The molecule has 1 aliphatic carbocycles. The number of nitro benzene ring substituents is 1. The number of nitrogens with one attached hydrogen (secondary N) is 1. The third-order valence-corrected chi connectivity index (χ3v) is 4.28. The van der Waals surface area contributed by atoms with Crippen LogP contribution < -0.4 is 5.32 Å². The second kappa shape index (κ2) is 7.39. The highest BCUT2D eigenvalue weighted by atomic mass is 16.6. The standard InChI is InChI=1S/C16H24N2O2/c1-13-5-4-6-14(11-13)9-10-17-12-15-7-2-3-8-16(15)18(19)20/h2-3,7-8,13-14,17H,4-6,9-12H2,1H3. The van der Waals surface area contributed by atoms with Crippen molar-refractivity contribution in [3.8, 4) is 0 Å². The van der Waals surface area contributed by atoms with Crippen molar-refractivity contribution in [3.63, 3.8) is 0 Å². The fourth-order valence-corrected chi connectivity index (χ4v) is 3.19. The zero-order valence-electron chi connectivity index (χ0n) is 12.2. The van der Waals surface area contributed by atoms with Gasteiger partial charge in [0.2, 0.25) is 0 Å². The van der Waals surface area contributed by atoms with Gasteiger partial charge in [0.15, 0.2) is 0 Å². The van der Waals surface area contributed by atoms with Crippen LogP contribution in [0.25, 0.3) is 0 Å². The molecular formula is C16H24N2O2. The largest absolute Gasteiger partial charge is 0.312 e. The highest BCUT2D eigenvalue weighted by molar-refractivity contribution is 5.39. The van der Waals surface area contributed by atoms with Gasteiger partial charge in [0, 0.05) is 18.2 Å². The van der Waals surface area contributed by atoms with Crippen LogP contribution >= 0.6 is 0 Å². The van der Waals surface area contributed by atoms with Crippen molar-refractivity contribution in [1.29, 1.82) is 0 Å². The molecule has 0 aromatic heterocycles. The monoisotopic (exact) mass is 276 g/mol. The fourth-order valence-electron chi connectivity index (χ4n) is 3.19. The molecule has 4 heteroatoms. The number of benzene rings is 1. The Kier molecular flexibility index (Phi) is 5.53. The summed E-state index contributed by atoms with van der Waals surface area (Å²) in [5.41, 5.74) is 0.987. The summed E-state index contributed by atoms with van der Waals surface area (Å²) in [6, 6.07) is 6.96. The molecule has 4 nitrogen and oxygen atoms in total. The molecule has 1 N–H and O–H groups in total. The Balaban J connectivity index is 1.74. The maximum atomic E-state index is 10.9. The van der Waals surface area contributed by atoms with Crippen molar-refractivity contribution in [3.05, 3.63) is 39.9 Å². The minimum Gasteiger partial charge on any atom is -0.312 e. The fraction of sp³-hybridized carbons (Fsp3) is 0.625. The lowest BCUT2D eigenvalue weighted by Gasteiger charge is -2.26. The quantitative estimate of drug-likeness (QED) is 0.487. The van der Waals surface area contributed by atoms with Crippen molar-refractivity contribution in [2.24, 2.45) is 11.8 Å². The molecule has 0 saturated heterocycles. The summed E-state index contributed by atoms with van der Waals surface area (Å²) in [4.78, 5) is 10.6. The molecule has 1 aliphatic rings. The van der Waals surface area contributed by atoms with E-state index in [9.17, 15) is 10.1 Å². The Morgan fingerprint density at radius 1 is 1.35 bits per heavy atom. The molecular weight excluding hydrogens is 252 g/mol. The minimum absolute atomic E-state index is 0.214. The Morgan fingerprint density at radius 3 is 2.90 bits per heavy atom. The van der Waals surface area contributed by atoms with Gasteiger partial charge in [0.1, 0.15) is 0 Å². The lowest BCUT2D eigenvalue weighted by molar-refractivity contribution is -0.385. The number of nitro groups is 1. The number of rotatable bonds is 6. The highest BCUT2D eigenvalue weighted by Crippen LogP contribution is 2.30. The Morgan fingerprint density at radius 2 is 2.15 bits per heavy atom. The van der Waals surface area contributed by atoms with Gasteiger partial charge in [0.25, 0.3) is 5.69 Å². The summed E-state index contributed by atoms with van der Waals surface area (Å²) in [6.07, 6.45) is 6.60. The average Bonchev–Trinajstić information content (AvgIpc) is 2.44. The van der Waals surface area contributed by atoms with Crippen LogP contribution in [0.5, 0.6) is 0 Å². The predicted octanol–water partition coefficient (Wildman–Crippen LogP) is 3.90. The Labute approximate surface area is 120 Å². The van der Waals surface area contributed by atoms with Gasteiger partial charge in [-0.05, 0) is 31.2 Å². The maximum absolute atomic E-state index is 10.9. The molecule has 0 bridgehead atoms. The summed E-state index contributed by atoms with van der Waals surface area (Å²) in [5, 5.41) is 14.3. The van der Waals surface area contributed by atoms with E-state index in [2.05, 4.69) is 12.2 Å². The molecule has 0 amide bonds. The van der Waals surface area contributed by atoms with E-state index >= 15 is 0 Å². The first-order chi connectivity index (χ1) is 9.66. The van der Waals surface area contributed by atoms with Gasteiger partial charge in [-0.15, -0.1) is 0 Å². The lowest BCUT2D eigenvalue weighted by atomic mass is 9.81. The summed E-state index contributed by atoms with van der Waals surface area (Å²) in [7, 11) is 0. The maximum Gasteiger partial charge on any atom is 0.273 e. The van der Waals surface area contributed by atoms with Crippen LogP contribution in [0.1, 0.15) is 44.6 Å². The van der Waals surface area contributed by atoms with Gasteiger partial charge in [0.05, 0.1) is 4.92 Å². The van der Waals surface area contributed by atoms with E-state index in [1.165, 1.54) is 32.1 Å². The molecule has 20 heavy (non-hydrogen) atoms. The van der Waals surface area contributed by atoms with Crippen LogP contribution in [-0.4, -0.2) is 11.5 Å². The second-order valence-corrected chi connectivity index (χ2v) is 5.99. The molecule has 2 rings (SSSR count). The van der Waals surface area contributed by atoms with Gasteiger partial charge in [-0.2, -0.15) is 0 Å². The SMILES string of the molecule is CC1CCCC(CCNCc2ccccc2[N+](=O)[O-])C1. The summed E-state index contributed by atoms with van der Waals surface area (Å²) in [6.45, 7) is 3.87. The number of nitrogens with zero attached hydrogens (tertiary/aromatic N) is 1. The molecule has 1 aromatic rings. The van der Waals surface area contributed by atoms with Crippen molar-refractivity contribution >= 4 is 5.69 Å². The molecule has 1 fully saturated rings. The summed E-state index contributed by atoms with van der Waals surface area (Å²) < 4.78 is 0. The number of para-hydroxylation sites is 1. The predicted molar refractivity (Wildman–Crippen MR) is 80.5 cm³/mol. The minimum atomic E-state index is -0.306. The van der Waals surface area contributed by atoms with E-state index < -0.39 is 0 Å². The highest BCUT2D eigenvalue weighted by Gasteiger charge is 2.18. The molecule has 2 unspecified atom stereocenters. The Hall–Kier alpha value is -1.42. The molecule has 0 spiro atoms. The molecule has 0 heterocycles. The number of hydrogen-bond donors (Lipinski definition) is 1. The van der Waals surface area contributed by atoms with E-state index in [1.807, 2.05) is 12.1 Å². The van der Waals surface area contributed by atoms with E-state index in [1.54, 1.807) is 12.1 Å². The van der Waals surface area contributed by atoms with E-state index in [4.69, 9.17) is 0 Å². The molecule has 0 aliphatic heterocycles. The zero-order valence-corrected chi connectivity index (χ0v) is 12.2. The summed E-state index contributed by atoms with van der Waals surface area (Å²) >= 11 is 0. The average molecular weight is 276 g/mol. The first-order valence-corrected chi connectivity index (χ1v) is 7.60. The normalized spacial score (nSPS) is 22.6. The Bertz CT molecular complexity index is 448. The molecule has 1 saturated carbocycles. The van der Waals surface area contributed by atoms with E-state index in [-0.39, 0.29) is 10.6 Å². The van der Waals surface area contributed by atoms with Gasteiger partial charge >= 0.3 is 0 Å². The van der Waals surface area contributed by atoms with E-state index in [0.717, 1.165) is 23.9 Å². The van der Waals surface area contributed by atoms with Crippen LogP contribution in [0.4, 0.5) is 5.69 Å². The van der Waals surface area contributed by atoms with Gasteiger partial charge in [-0.1, -0.05) is 44.4 Å². The zero-order chi connectivity index (χ0) is 14.4. The van der Waals surface area contributed by atoms with Gasteiger partial charge < -0.3 is 5.32 Å². The van der Waals surface area contributed by atoms with Crippen LogP contribution in [0.3, 0.4) is 0 Å². The van der Waals surface area contributed by atoms with E-state index in [0.29, 0.717) is 6.54 Å². The summed E-state index contributed by atoms with van der Waals surface area (Å²) in [5.74, 6) is 1.70. The first-order valence-electron chi connectivity index (χ1n) is 7.60. The van der Waals surface area contributed by atoms with Crippen LogP contribution in [0, 0.1) is 22.0 Å². The topological polar surface area (TPSA) is 55.2 Å². The third kappa shape index (κ3) is 4.30. The van der Waals surface area contributed by atoms with Crippen LogP contribution in [-0.2, 0) is 6.54 Å². The van der Waals surface area contributed by atoms with Crippen molar-refractivity contribution in [1.82, 2.24) is 5.32 Å². The van der Waals surface area contributed by atoms with Crippen LogP contribution in [0.15, 0.2) is 24.3 Å². The van der Waals surface area contributed by atoms with Gasteiger partial charge in [-0.25, -0.2) is 0 Å². The van der Waals surface area contributed by atoms with Crippen molar-refractivity contribution < 1.29 is 4.92 Å². The second-order valence-electron chi connectivity index (χ2n) is 5.99. The van der Waals surface area contributed by atoms with Gasteiger partial charge in [-0.3, -0.25) is 10.1 Å². The molecule has 0 radical (unpaired) electrons. The molecule has 2 atom stereocenters. The van der Waals surface area contributed by atoms with Crippen molar-refractivity contribution in [2.45, 2.75) is 45.6 Å².